The van der Waals surface area contributed by atoms with Crippen molar-refractivity contribution in [3.63, 3.8) is 0 Å². The Bertz CT molecular complexity index is 427. The van der Waals surface area contributed by atoms with Crippen molar-refractivity contribution in [1.29, 1.82) is 0 Å². The van der Waals surface area contributed by atoms with Gasteiger partial charge in [0.1, 0.15) is 0 Å². The Morgan fingerprint density at radius 3 is 2.65 bits per heavy atom. The average Bonchev–Trinajstić information content (AvgIpc) is 2.36. The Labute approximate surface area is 127 Å². The van der Waals surface area contributed by atoms with Crippen LogP contribution in [0.1, 0.15) is 44.6 Å². The van der Waals surface area contributed by atoms with Gasteiger partial charge in [-0.15, -0.1) is 0 Å². The molecule has 0 radical (unpaired) electrons. The summed E-state index contributed by atoms with van der Waals surface area (Å²) in [6.45, 7) is 6.48. The van der Waals surface area contributed by atoms with Crippen LogP contribution in [0.25, 0.3) is 0 Å². The highest BCUT2D eigenvalue weighted by Gasteiger charge is 2.32. The highest BCUT2D eigenvalue weighted by atomic mass is 35.5. The number of ether oxygens (including phenoxy) is 1. The van der Waals surface area contributed by atoms with Gasteiger partial charge in [0.2, 0.25) is 0 Å². The zero-order chi connectivity index (χ0) is 14.6. The van der Waals surface area contributed by atoms with Crippen LogP contribution in [0.15, 0.2) is 24.3 Å². The van der Waals surface area contributed by atoms with Crippen LogP contribution in [0.4, 0.5) is 0 Å². The highest BCUT2D eigenvalue weighted by molar-refractivity contribution is 6.31. The number of halogens is 1. The molecule has 3 heteroatoms. The molecule has 0 saturated heterocycles. The summed E-state index contributed by atoms with van der Waals surface area (Å²) in [6.07, 6.45) is 3.49. The van der Waals surface area contributed by atoms with E-state index in [0.717, 1.165) is 24.6 Å². The number of nitrogens with one attached hydrogen (secondary N) is 1. The summed E-state index contributed by atoms with van der Waals surface area (Å²) in [7, 11) is 1.77. The minimum Gasteiger partial charge on any atom is -0.385 e. The zero-order valence-corrected chi connectivity index (χ0v) is 13.5. The van der Waals surface area contributed by atoms with Crippen molar-refractivity contribution in [1.82, 2.24) is 5.32 Å². The van der Waals surface area contributed by atoms with Crippen LogP contribution in [-0.4, -0.2) is 26.3 Å². The molecule has 2 nitrogen and oxygen atoms in total. The van der Waals surface area contributed by atoms with E-state index in [2.05, 4.69) is 31.3 Å². The molecule has 0 heterocycles. The van der Waals surface area contributed by atoms with Gasteiger partial charge in [0.05, 0.1) is 0 Å². The first-order valence-electron chi connectivity index (χ1n) is 7.48. The fraction of sp³-hybridized carbons (Fsp3) is 0.647. The summed E-state index contributed by atoms with van der Waals surface area (Å²) in [6, 6.07) is 8.86. The Kier molecular flexibility index (Phi) is 5.48. The van der Waals surface area contributed by atoms with Gasteiger partial charge in [-0.2, -0.15) is 0 Å². The Balaban J connectivity index is 1.73. The first-order valence-corrected chi connectivity index (χ1v) is 7.86. The SMILES string of the molecule is COCCC(C)(C)CNC1CC(c2ccccc2Cl)C1. The maximum Gasteiger partial charge on any atom is 0.0467 e. The van der Waals surface area contributed by atoms with Crippen molar-refractivity contribution in [3.8, 4) is 0 Å². The zero-order valence-electron chi connectivity index (χ0n) is 12.8. The Morgan fingerprint density at radius 1 is 1.30 bits per heavy atom. The van der Waals surface area contributed by atoms with Gasteiger partial charge in [0.25, 0.3) is 0 Å². The molecule has 1 aromatic rings. The molecule has 2 rings (SSSR count). The van der Waals surface area contributed by atoms with Gasteiger partial charge >= 0.3 is 0 Å². The second-order valence-electron chi connectivity index (χ2n) is 6.67. The highest BCUT2D eigenvalue weighted by Crippen LogP contribution is 2.40. The monoisotopic (exact) mass is 295 g/mol. The molecule has 1 saturated carbocycles. The number of hydrogen-bond donors (Lipinski definition) is 1. The molecule has 1 N–H and O–H groups in total. The van der Waals surface area contributed by atoms with E-state index < -0.39 is 0 Å². The lowest BCUT2D eigenvalue weighted by Gasteiger charge is -2.39. The number of rotatable bonds is 7. The average molecular weight is 296 g/mol. The van der Waals surface area contributed by atoms with Crippen LogP contribution < -0.4 is 5.32 Å². The third-order valence-corrected chi connectivity index (χ3v) is 4.68. The first kappa shape index (κ1) is 15.8. The summed E-state index contributed by atoms with van der Waals surface area (Å²) < 4.78 is 5.17. The molecular weight excluding hydrogens is 270 g/mol. The summed E-state index contributed by atoms with van der Waals surface area (Å²) in [5, 5.41) is 4.60. The van der Waals surface area contributed by atoms with E-state index >= 15 is 0 Å². The molecule has 0 atom stereocenters. The standard InChI is InChI=1S/C17H26ClNO/c1-17(2,8-9-20-3)12-19-14-10-13(11-14)15-6-4-5-7-16(15)18/h4-7,13-14,19H,8-12H2,1-3H3. The largest absolute Gasteiger partial charge is 0.385 e. The molecule has 0 spiro atoms. The lowest BCUT2D eigenvalue weighted by atomic mass is 9.75. The van der Waals surface area contributed by atoms with E-state index in [1.54, 1.807) is 7.11 Å². The third kappa shape index (κ3) is 4.21. The van der Waals surface area contributed by atoms with Crippen LogP contribution in [0.5, 0.6) is 0 Å². The number of benzene rings is 1. The van der Waals surface area contributed by atoms with Crippen molar-refractivity contribution in [3.05, 3.63) is 34.9 Å². The van der Waals surface area contributed by atoms with Crippen LogP contribution in [0, 0.1) is 5.41 Å². The minimum atomic E-state index is 0.297. The molecule has 1 aromatic carbocycles. The maximum absolute atomic E-state index is 6.25. The van der Waals surface area contributed by atoms with Gasteiger partial charge in [0.15, 0.2) is 0 Å². The Morgan fingerprint density at radius 2 is 2.00 bits per heavy atom. The fourth-order valence-electron chi connectivity index (χ4n) is 2.73. The lowest BCUT2D eigenvalue weighted by molar-refractivity contribution is 0.144. The molecular formula is C17H26ClNO. The molecule has 0 unspecified atom stereocenters. The van der Waals surface area contributed by atoms with Crippen LogP contribution in [0.2, 0.25) is 5.02 Å². The predicted molar refractivity (Wildman–Crippen MR) is 85.5 cm³/mol. The van der Waals surface area contributed by atoms with Gasteiger partial charge < -0.3 is 10.1 Å². The quantitative estimate of drug-likeness (QED) is 0.812. The second kappa shape index (κ2) is 6.93. The third-order valence-electron chi connectivity index (χ3n) is 4.34. The fourth-order valence-corrected chi connectivity index (χ4v) is 3.02. The van der Waals surface area contributed by atoms with E-state index in [9.17, 15) is 0 Å². The normalized spacial score (nSPS) is 22.6. The topological polar surface area (TPSA) is 21.3 Å². The molecule has 1 fully saturated rings. The maximum atomic E-state index is 6.25. The van der Waals surface area contributed by atoms with E-state index in [1.807, 2.05) is 12.1 Å². The van der Waals surface area contributed by atoms with Gasteiger partial charge in [0, 0.05) is 31.3 Å². The van der Waals surface area contributed by atoms with Crippen LogP contribution in [-0.2, 0) is 4.74 Å². The summed E-state index contributed by atoms with van der Waals surface area (Å²) in [5.74, 6) is 0.628. The number of methoxy groups -OCH3 is 1. The first-order chi connectivity index (χ1) is 9.52. The van der Waals surface area contributed by atoms with E-state index in [-0.39, 0.29) is 0 Å². The van der Waals surface area contributed by atoms with Crippen molar-refractivity contribution in [2.45, 2.75) is 45.1 Å². The molecule has 1 aliphatic rings. The molecule has 0 amide bonds. The molecule has 20 heavy (non-hydrogen) atoms. The Hall–Kier alpha value is -0.570. The van der Waals surface area contributed by atoms with Gasteiger partial charge in [-0.25, -0.2) is 0 Å². The number of hydrogen-bond acceptors (Lipinski definition) is 2. The van der Waals surface area contributed by atoms with Crippen molar-refractivity contribution in [2.75, 3.05) is 20.3 Å². The van der Waals surface area contributed by atoms with Gasteiger partial charge in [-0.05, 0) is 42.2 Å². The van der Waals surface area contributed by atoms with E-state index in [0.29, 0.717) is 17.4 Å². The van der Waals surface area contributed by atoms with Crippen molar-refractivity contribution >= 4 is 11.6 Å². The summed E-state index contributed by atoms with van der Waals surface area (Å²) >= 11 is 6.25. The molecule has 0 aliphatic heterocycles. The predicted octanol–water partition coefficient (Wildman–Crippen LogP) is 4.24. The smallest absolute Gasteiger partial charge is 0.0467 e. The van der Waals surface area contributed by atoms with Gasteiger partial charge in [-0.3, -0.25) is 0 Å². The van der Waals surface area contributed by atoms with Crippen LogP contribution >= 0.6 is 11.6 Å². The van der Waals surface area contributed by atoms with Crippen LogP contribution in [0.3, 0.4) is 0 Å². The van der Waals surface area contributed by atoms with Crippen molar-refractivity contribution < 1.29 is 4.74 Å². The lowest BCUT2D eigenvalue weighted by Crippen LogP contribution is -2.44. The molecule has 0 bridgehead atoms. The minimum absolute atomic E-state index is 0.297. The molecule has 112 valence electrons. The second-order valence-corrected chi connectivity index (χ2v) is 7.08. The molecule has 0 aromatic heterocycles. The van der Waals surface area contributed by atoms with Gasteiger partial charge in [-0.1, -0.05) is 43.6 Å². The van der Waals surface area contributed by atoms with Crippen molar-refractivity contribution in [2.24, 2.45) is 5.41 Å². The molecule has 1 aliphatic carbocycles. The summed E-state index contributed by atoms with van der Waals surface area (Å²) in [4.78, 5) is 0. The summed E-state index contributed by atoms with van der Waals surface area (Å²) in [5.41, 5.74) is 1.61. The van der Waals surface area contributed by atoms with E-state index in [1.165, 1.54) is 18.4 Å². The van der Waals surface area contributed by atoms with E-state index in [4.69, 9.17) is 16.3 Å².